The van der Waals surface area contributed by atoms with E-state index in [-0.39, 0.29) is 11.6 Å². The van der Waals surface area contributed by atoms with Gasteiger partial charge in [0.1, 0.15) is 16.5 Å². The molecule has 6 nitrogen and oxygen atoms in total. The highest BCUT2D eigenvalue weighted by Gasteiger charge is 2.30. The lowest BCUT2D eigenvalue weighted by atomic mass is 10.1. The van der Waals surface area contributed by atoms with Gasteiger partial charge in [0.2, 0.25) is 10.0 Å². The smallest absolute Gasteiger partial charge is 0.255 e. The second kappa shape index (κ2) is 7.05. The zero-order valence-electron chi connectivity index (χ0n) is 14.4. The van der Waals surface area contributed by atoms with Crippen LogP contribution in [0.5, 0.6) is 5.75 Å². The number of ether oxygens (including phenoxy) is 1. The molecule has 8 heteroatoms. The van der Waals surface area contributed by atoms with Gasteiger partial charge in [-0.15, -0.1) is 0 Å². The molecule has 2 aromatic carbocycles. The van der Waals surface area contributed by atoms with Crippen LogP contribution in [0.4, 0.5) is 10.1 Å². The lowest BCUT2D eigenvalue weighted by Crippen LogP contribution is -2.27. The first kappa shape index (κ1) is 18.3. The third-order valence-corrected chi connectivity index (χ3v) is 5.52. The van der Waals surface area contributed by atoms with E-state index in [1.807, 2.05) is 13.0 Å². The molecule has 26 heavy (non-hydrogen) atoms. The summed E-state index contributed by atoms with van der Waals surface area (Å²) in [5.74, 6) is -0.992. The Morgan fingerprint density at radius 1 is 1.19 bits per heavy atom. The minimum Gasteiger partial charge on any atom is -0.495 e. The monoisotopic (exact) mass is 378 g/mol. The van der Waals surface area contributed by atoms with E-state index in [4.69, 9.17) is 4.74 Å². The normalized spacial score (nSPS) is 14.1. The minimum absolute atomic E-state index is 0.0335. The zero-order valence-corrected chi connectivity index (χ0v) is 15.2. The van der Waals surface area contributed by atoms with Crippen molar-refractivity contribution >= 4 is 21.6 Å². The quantitative estimate of drug-likeness (QED) is 0.810. The predicted octanol–water partition coefficient (Wildman–Crippen LogP) is 2.84. The highest BCUT2D eigenvalue weighted by molar-refractivity contribution is 7.89. The number of rotatable bonds is 6. The van der Waals surface area contributed by atoms with Gasteiger partial charge in [-0.05, 0) is 55.7 Å². The second-order valence-electron chi connectivity index (χ2n) is 6.20. The summed E-state index contributed by atoms with van der Waals surface area (Å²) in [6, 6.07) is 8.37. The third-order valence-electron chi connectivity index (χ3n) is 3.99. The van der Waals surface area contributed by atoms with Crippen molar-refractivity contribution < 1.29 is 22.3 Å². The van der Waals surface area contributed by atoms with Crippen molar-refractivity contribution in [1.29, 1.82) is 0 Å². The molecule has 0 radical (unpaired) electrons. The fraction of sp³-hybridized carbons (Fsp3) is 0.278. The largest absolute Gasteiger partial charge is 0.495 e. The van der Waals surface area contributed by atoms with Crippen LogP contribution in [0.15, 0.2) is 41.3 Å². The van der Waals surface area contributed by atoms with E-state index in [1.165, 1.54) is 13.2 Å². The number of sulfonamides is 1. The SMILES string of the molecule is COc1ccc(C)cc1NC(=O)c1ccc(F)c(S(=O)(=O)NC2CC2)c1. The number of carbonyl (C=O) groups excluding carboxylic acids is 1. The van der Waals surface area contributed by atoms with Crippen molar-refractivity contribution in [2.45, 2.75) is 30.7 Å². The van der Waals surface area contributed by atoms with Crippen LogP contribution in [0, 0.1) is 12.7 Å². The molecule has 1 aliphatic carbocycles. The van der Waals surface area contributed by atoms with Crippen molar-refractivity contribution in [3.63, 3.8) is 0 Å². The molecule has 1 saturated carbocycles. The Morgan fingerprint density at radius 3 is 2.58 bits per heavy atom. The molecule has 0 heterocycles. The number of amides is 1. The van der Waals surface area contributed by atoms with Gasteiger partial charge in [0, 0.05) is 11.6 Å². The third kappa shape index (κ3) is 4.03. The van der Waals surface area contributed by atoms with Crippen LogP contribution in [-0.2, 0) is 10.0 Å². The number of hydrogen-bond donors (Lipinski definition) is 2. The van der Waals surface area contributed by atoms with E-state index in [0.717, 1.165) is 30.5 Å². The Hall–Kier alpha value is -2.45. The molecule has 2 N–H and O–H groups in total. The van der Waals surface area contributed by atoms with E-state index in [1.54, 1.807) is 12.1 Å². The van der Waals surface area contributed by atoms with Gasteiger partial charge >= 0.3 is 0 Å². The van der Waals surface area contributed by atoms with E-state index >= 15 is 0 Å². The van der Waals surface area contributed by atoms with Crippen LogP contribution in [0.1, 0.15) is 28.8 Å². The summed E-state index contributed by atoms with van der Waals surface area (Å²) in [5.41, 5.74) is 1.39. The van der Waals surface area contributed by atoms with Crippen molar-refractivity contribution in [1.82, 2.24) is 4.72 Å². The summed E-state index contributed by atoms with van der Waals surface area (Å²) in [6.07, 6.45) is 1.46. The fourth-order valence-electron chi connectivity index (χ4n) is 2.45. The summed E-state index contributed by atoms with van der Waals surface area (Å²) in [6.45, 7) is 1.86. The topological polar surface area (TPSA) is 84.5 Å². The van der Waals surface area contributed by atoms with Gasteiger partial charge in [-0.1, -0.05) is 6.07 Å². The molecular weight excluding hydrogens is 359 g/mol. The maximum absolute atomic E-state index is 14.0. The van der Waals surface area contributed by atoms with Crippen molar-refractivity contribution in [3.05, 3.63) is 53.3 Å². The van der Waals surface area contributed by atoms with Gasteiger partial charge in [-0.2, -0.15) is 0 Å². The summed E-state index contributed by atoms with van der Waals surface area (Å²) in [7, 11) is -2.53. The number of nitrogens with one attached hydrogen (secondary N) is 2. The average molecular weight is 378 g/mol. The lowest BCUT2D eigenvalue weighted by molar-refractivity contribution is 0.102. The Labute approximate surface area is 151 Å². The molecule has 0 aliphatic heterocycles. The molecule has 3 rings (SSSR count). The first-order valence-corrected chi connectivity index (χ1v) is 9.56. The van der Waals surface area contributed by atoms with Gasteiger partial charge in [0.25, 0.3) is 5.91 Å². The first-order chi connectivity index (χ1) is 12.3. The van der Waals surface area contributed by atoms with Gasteiger partial charge < -0.3 is 10.1 Å². The van der Waals surface area contributed by atoms with E-state index in [2.05, 4.69) is 10.0 Å². The highest BCUT2D eigenvalue weighted by Crippen LogP contribution is 2.27. The molecule has 0 spiro atoms. The number of anilines is 1. The second-order valence-corrected chi connectivity index (χ2v) is 7.88. The molecule has 1 aliphatic rings. The lowest BCUT2D eigenvalue weighted by Gasteiger charge is -2.12. The Morgan fingerprint density at radius 2 is 1.92 bits per heavy atom. The molecule has 1 fully saturated rings. The van der Waals surface area contributed by atoms with E-state index in [9.17, 15) is 17.6 Å². The van der Waals surface area contributed by atoms with Crippen molar-refractivity contribution in [2.75, 3.05) is 12.4 Å². The van der Waals surface area contributed by atoms with Crippen LogP contribution in [0.25, 0.3) is 0 Å². The summed E-state index contributed by atoms with van der Waals surface area (Å²) in [4.78, 5) is 12.0. The molecule has 0 unspecified atom stereocenters. The molecule has 2 aromatic rings. The molecule has 0 atom stereocenters. The van der Waals surface area contributed by atoms with Crippen LogP contribution < -0.4 is 14.8 Å². The van der Waals surface area contributed by atoms with Crippen LogP contribution in [-0.4, -0.2) is 27.5 Å². The molecule has 138 valence electrons. The van der Waals surface area contributed by atoms with E-state index < -0.39 is 26.6 Å². The maximum Gasteiger partial charge on any atom is 0.255 e. The summed E-state index contributed by atoms with van der Waals surface area (Å²) < 4.78 is 46.2. The van der Waals surface area contributed by atoms with Crippen molar-refractivity contribution in [2.24, 2.45) is 0 Å². The van der Waals surface area contributed by atoms with E-state index in [0.29, 0.717) is 11.4 Å². The molecule has 0 bridgehead atoms. The Balaban J connectivity index is 1.89. The average Bonchev–Trinajstić information content (AvgIpc) is 3.38. The zero-order chi connectivity index (χ0) is 18.9. The Bertz CT molecular complexity index is 956. The number of carbonyl (C=O) groups is 1. The van der Waals surface area contributed by atoms with Crippen LogP contribution in [0.3, 0.4) is 0 Å². The standard InChI is InChI=1S/C18H19FN2O4S/c1-11-3-8-16(25-2)15(9-11)20-18(22)12-4-7-14(19)17(10-12)26(23,24)21-13-5-6-13/h3-4,7-10,13,21H,5-6H2,1-2H3,(H,20,22). The van der Waals surface area contributed by atoms with Crippen molar-refractivity contribution in [3.8, 4) is 5.75 Å². The molecule has 1 amide bonds. The molecular formula is C18H19FN2O4S. The van der Waals surface area contributed by atoms with Gasteiger partial charge in [0.15, 0.2) is 0 Å². The number of halogens is 1. The van der Waals surface area contributed by atoms with Gasteiger partial charge in [-0.25, -0.2) is 17.5 Å². The van der Waals surface area contributed by atoms with Crippen LogP contribution in [0.2, 0.25) is 0 Å². The van der Waals surface area contributed by atoms with Crippen LogP contribution >= 0.6 is 0 Å². The Kier molecular flexibility index (Phi) is 4.97. The maximum atomic E-state index is 14.0. The van der Waals surface area contributed by atoms with Gasteiger partial charge in [0.05, 0.1) is 12.8 Å². The molecule has 0 aromatic heterocycles. The predicted molar refractivity (Wildman–Crippen MR) is 95.4 cm³/mol. The summed E-state index contributed by atoms with van der Waals surface area (Å²) >= 11 is 0. The number of methoxy groups -OCH3 is 1. The highest BCUT2D eigenvalue weighted by atomic mass is 32.2. The fourth-order valence-corrected chi connectivity index (χ4v) is 3.86. The van der Waals surface area contributed by atoms with Gasteiger partial charge in [-0.3, -0.25) is 4.79 Å². The number of benzene rings is 2. The molecule has 0 saturated heterocycles. The number of hydrogen-bond acceptors (Lipinski definition) is 4. The summed E-state index contributed by atoms with van der Waals surface area (Å²) in [5, 5.41) is 2.67. The first-order valence-electron chi connectivity index (χ1n) is 8.08. The number of aryl methyl sites for hydroxylation is 1. The minimum atomic E-state index is -4.01.